The molecule has 0 saturated carbocycles. The number of hydrogen-bond donors (Lipinski definition) is 0. The number of nitrogens with zero attached hydrogens (tertiary/aromatic N) is 2. The maximum absolute atomic E-state index is 6.03. The Hall–Kier alpha value is -2.65. The van der Waals surface area contributed by atoms with Gasteiger partial charge in [-0.05, 0) is 49.4 Å². The minimum Gasteiger partial charge on any atom is -0.496 e. The van der Waals surface area contributed by atoms with Crippen LogP contribution in [-0.4, -0.2) is 23.5 Å². The normalized spacial score (nSPS) is 11.3. The van der Waals surface area contributed by atoms with Crippen LogP contribution in [0.15, 0.2) is 54.7 Å². The van der Waals surface area contributed by atoms with E-state index in [-0.39, 0.29) is 0 Å². The molecule has 0 aliphatic rings. The molecule has 3 heteroatoms. The zero-order chi connectivity index (χ0) is 25.0. The summed E-state index contributed by atoms with van der Waals surface area (Å²) in [5.41, 5.74) is 8.73. The Morgan fingerprint density at radius 2 is 1.46 bits per heavy atom. The van der Waals surface area contributed by atoms with Crippen LogP contribution >= 0.6 is 0 Å². The minimum absolute atomic E-state index is 0.843. The van der Waals surface area contributed by atoms with Gasteiger partial charge in [-0.25, -0.2) is 0 Å². The molecule has 3 aromatic rings. The van der Waals surface area contributed by atoms with Gasteiger partial charge in [0.25, 0.3) is 0 Å². The second-order valence-corrected chi connectivity index (χ2v) is 9.56. The van der Waals surface area contributed by atoms with E-state index < -0.39 is 0 Å². The summed E-state index contributed by atoms with van der Waals surface area (Å²) in [4.78, 5) is 7.60. The van der Waals surface area contributed by atoms with Gasteiger partial charge in [-0.2, -0.15) is 0 Å². The van der Waals surface area contributed by atoms with E-state index in [0.29, 0.717) is 0 Å². The van der Waals surface area contributed by atoms with Gasteiger partial charge in [-0.3, -0.25) is 9.88 Å². The fourth-order valence-corrected chi connectivity index (χ4v) is 5.08. The van der Waals surface area contributed by atoms with Crippen molar-refractivity contribution in [3.05, 3.63) is 82.5 Å². The summed E-state index contributed by atoms with van der Waals surface area (Å²) in [6.45, 7) is 11.8. The Morgan fingerprint density at radius 1 is 0.771 bits per heavy atom. The van der Waals surface area contributed by atoms with Crippen molar-refractivity contribution in [2.75, 3.05) is 13.7 Å². The molecule has 0 spiro atoms. The third-order valence-electron chi connectivity index (χ3n) is 7.00. The smallest absolute Gasteiger partial charge is 0.129 e. The molecule has 0 N–H and O–H groups in total. The van der Waals surface area contributed by atoms with Crippen molar-refractivity contribution in [2.24, 2.45) is 0 Å². The van der Waals surface area contributed by atoms with Crippen molar-refractivity contribution < 1.29 is 4.74 Å². The molecule has 1 heterocycles. The Labute approximate surface area is 213 Å². The molecule has 35 heavy (non-hydrogen) atoms. The standard InChI is InChI=1S/C32H44N2O/c1-6-9-10-11-15-21-34(23-26-17-13-12-14-18-26)24-29-22-33-31(25(4)32(29)35-5)30-27(7-2)19-16-20-28(30)8-3/h12-14,16-20,22H,6-11,15,21,23-24H2,1-5H3. The lowest BCUT2D eigenvalue weighted by Crippen LogP contribution is -2.24. The fraction of sp³-hybridized carbons (Fsp3) is 0.469. The summed E-state index contributed by atoms with van der Waals surface area (Å²) in [5.74, 6) is 0.979. The van der Waals surface area contributed by atoms with E-state index in [9.17, 15) is 0 Å². The zero-order valence-electron chi connectivity index (χ0n) is 22.6. The Kier molecular flexibility index (Phi) is 10.8. The number of unbranched alkanes of at least 4 members (excludes halogenated alkanes) is 4. The van der Waals surface area contributed by atoms with Crippen LogP contribution in [0.1, 0.15) is 80.7 Å². The molecular weight excluding hydrogens is 428 g/mol. The Morgan fingerprint density at radius 3 is 2.09 bits per heavy atom. The third-order valence-corrected chi connectivity index (χ3v) is 7.00. The zero-order valence-corrected chi connectivity index (χ0v) is 22.6. The van der Waals surface area contributed by atoms with Crippen molar-refractivity contribution in [3.63, 3.8) is 0 Å². The highest BCUT2D eigenvalue weighted by molar-refractivity contribution is 5.73. The van der Waals surface area contributed by atoms with Gasteiger partial charge in [-0.15, -0.1) is 0 Å². The monoisotopic (exact) mass is 472 g/mol. The van der Waals surface area contributed by atoms with E-state index >= 15 is 0 Å². The first-order valence-electron chi connectivity index (χ1n) is 13.5. The number of hydrogen-bond acceptors (Lipinski definition) is 3. The fourth-order valence-electron chi connectivity index (χ4n) is 5.08. The van der Waals surface area contributed by atoms with E-state index in [0.717, 1.165) is 49.5 Å². The first-order chi connectivity index (χ1) is 17.1. The molecule has 1 aromatic heterocycles. The number of rotatable bonds is 14. The van der Waals surface area contributed by atoms with E-state index in [1.54, 1.807) is 7.11 Å². The lowest BCUT2D eigenvalue weighted by molar-refractivity contribution is 0.245. The number of ether oxygens (including phenoxy) is 1. The van der Waals surface area contributed by atoms with Gasteiger partial charge >= 0.3 is 0 Å². The molecule has 188 valence electrons. The van der Waals surface area contributed by atoms with Crippen LogP contribution in [0.5, 0.6) is 5.75 Å². The van der Waals surface area contributed by atoms with Gasteiger partial charge in [0, 0.05) is 36.0 Å². The maximum atomic E-state index is 6.03. The first kappa shape index (κ1) is 26.9. The third kappa shape index (κ3) is 7.18. The lowest BCUT2D eigenvalue weighted by atomic mass is 9.92. The highest BCUT2D eigenvalue weighted by atomic mass is 16.5. The van der Waals surface area contributed by atoms with Crippen LogP contribution in [0, 0.1) is 6.92 Å². The quantitative estimate of drug-likeness (QED) is 0.221. The summed E-state index contributed by atoms with van der Waals surface area (Å²) < 4.78 is 6.03. The van der Waals surface area contributed by atoms with E-state index in [1.807, 2.05) is 0 Å². The number of aryl methyl sites for hydroxylation is 2. The van der Waals surface area contributed by atoms with Gasteiger partial charge in [0.05, 0.1) is 12.8 Å². The van der Waals surface area contributed by atoms with Crippen LogP contribution < -0.4 is 4.74 Å². The van der Waals surface area contributed by atoms with Gasteiger partial charge in [0.1, 0.15) is 5.75 Å². The second-order valence-electron chi connectivity index (χ2n) is 9.56. The van der Waals surface area contributed by atoms with Crippen LogP contribution in [0.25, 0.3) is 11.3 Å². The Balaban J connectivity index is 1.90. The number of methoxy groups -OCH3 is 1. The average Bonchev–Trinajstić information content (AvgIpc) is 2.89. The molecule has 0 amide bonds. The summed E-state index contributed by atoms with van der Waals surface area (Å²) in [6, 6.07) is 17.4. The molecule has 0 unspecified atom stereocenters. The number of pyridine rings is 1. The minimum atomic E-state index is 0.843. The highest BCUT2D eigenvalue weighted by Gasteiger charge is 2.19. The predicted octanol–water partition coefficient (Wildman–Crippen LogP) is 8.16. The molecule has 0 atom stereocenters. The van der Waals surface area contributed by atoms with Gasteiger partial charge < -0.3 is 4.74 Å². The van der Waals surface area contributed by atoms with E-state index in [4.69, 9.17) is 9.72 Å². The number of benzene rings is 2. The highest BCUT2D eigenvalue weighted by Crippen LogP contribution is 2.36. The number of aromatic nitrogens is 1. The lowest BCUT2D eigenvalue weighted by Gasteiger charge is -2.25. The van der Waals surface area contributed by atoms with Crippen molar-refractivity contribution >= 4 is 0 Å². The van der Waals surface area contributed by atoms with Crippen LogP contribution in [0.3, 0.4) is 0 Å². The van der Waals surface area contributed by atoms with Gasteiger partial charge in [-0.1, -0.05) is 95.0 Å². The molecule has 0 saturated heterocycles. The molecule has 0 aliphatic carbocycles. The SMILES string of the molecule is CCCCCCCN(Cc1ccccc1)Cc1cnc(-c2c(CC)cccc2CC)c(C)c1OC. The van der Waals surface area contributed by atoms with Crippen LogP contribution in [0.2, 0.25) is 0 Å². The van der Waals surface area contributed by atoms with Crippen molar-refractivity contribution in [2.45, 2.75) is 85.7 Å². The van der Waals surface area contributed by atoms with Crippen molar-refractivity contribution in [1.29, 1.82) is 0 Å². The summed E-state index contributed by atoms with van der Waals surface area (Å²) in [6.07, 6.45) is 10.5. The maximum Gasteiger partial charge on any atom is 0.129 e. The molecule has 2 aromatic carbocycles. The molecule has 0 aliphatic heterocycles. The Bertz CT molecular complexity index is 1020. The van der Waals surface area contributed by atoms with Gasteiger partial charge in [0.15, 0.2) is 0 Å². The van der Waals surface area contributed by atoms with E-state index in [2.05, 4.69) is 87.3 Å². The van der Waals surface area contributed by atoms with E-state index in [1.165, 1.54) is 59.9 Å². The molecule has 3 nitrogen and oxygen atoms in total. The molecule has 3 rings (SSSR count). The molecule has 0 bridgehead atoms. The topological polar surface area (TPSA) is 25.4 Å². The first-order valence-corrected chi connectivity index (χ1v) is 13.5. The average molecular weight is 473 g/mol. The van der Waals surface area contributed by atoms with Crippen LogP contribution in [-0.2, 0) is 25.9 Å². The van der Waals surface area contributed by atoms with Gasteiger partial charge in [0.2, 0.25) is 0 Å². The van der Waals surface area contributed by atoms with Crippen molar-refractivity contribution in [1.82, 2.24) is 9.88 Å². The summed E-state index contributed by atoms with van der Waals surface area (Å²) >= 11 is 0. The largest absolute Gasteiger partial charge is 0.496 e. The summed E-state index contributed by atoms with van der Waals surface area (Å²) in [7, 11) is 1.80. The second kappa shape index (κ2) is 14.0. The van der Waals surface area contributed by atoms with Crippen LogP contribution in [0.4, 0.5) is 0 Å². The molecular formula is C32H44N2O. The molecule has 0 fully saturated rings. The molecule has 0 radical (unpaired) electrons. The van der Waals surface area contributed by atoms with Crippen molar-refractivity contribution in [3.8, 4) is 17.0 Å². The predicted molar refractivity (Wildman–Crippen MR) is 149 cm³/mol. The summed E-state index contributed by atoms with van der Waals surface area (Å²) in [5, 5.41) is 0.